The predicted molar refractivity (Wildman–Crippen MR) is 85.0 cm³/mol. The number of aromatic nitrogens is 1. The van der Waals surface area contributed by atoms with Gasteiger partial charge in [-0.1, -0.05) is 6.92 Å². The molecule has 3 heterocycles. The summed E-state index contributed by atoms with van der Waals surface area (Å²) < 4.78 is 16.6. The van der Waals surface area contributed by atoms with E-state index in [0.717, 1.165) is 30.7 Å². The van der Waals surface area contributed by atoms with Crippen LogP contribution in [0.15, 0.2) is 12.1 Å². The number of piperidine rings is 1. The van der Waals surface area contributed by atoms with E-state index in [1.165, 1.54) is 0 Å². The molecule has 0 saturated carbocycles. The molecule has 0 bridgehead atoms. The van der Waals surface area contributed by atoms with Crippen LogP contribution in [0.4, 0.5) is 4.79 Å². The highest BCUT2D eigenvalue weighted by Gasteiger charge is 2.43. The van der Waals surface area contributed by atoms with E-state index >= 15 is 0 Å². The lowest BCUT2D eigenvalue weighted by atomic mass is 9.79. The molecule has 2 aliphatic rings. The topological polar surface area (TPSA) is 60.9 Å². The third-order valence-electron chi connectivity index (χ3n) is 4.74. The number of ether oxygens (including phenoxy) is 3. The average Bonchev–Trinajstić information content (AvgIpc) is 2.55. The van der Waals surface area contributed by atoms with Gasteiger partial charge >= 0.3 is 6.09 Å². The molecule has 3 rings (SSSR count). The zero-order valence-corrected chi connectivity index (χ0v) is 14.0. The summed E-state index contributed by atoms with van der Waals surface area (Å²) in [6.45, 7) is 5.75. The molecule has 1 saturated heterocycles. The minimum Gasteiger partial charge on any atom is -0.485 e. The Labute approximate surface area is 136 Å². The second-order valence-electron chi connectivity index (χ2n) is 6.31. The quantitative estimate of drug-likeness (QED) is 0.838. The number of rotatable bonds is 2. The minimum atomic E-state index is -0.224. The van der Waals surface area contributed by atoms with Crippen molar-refractivity contribution in [3.05, 3.63) is 17.8 Å². The lowest BCUT2D eigenvalue weighted by molar-refractivity contribution is -0.0207. The van der Waals surface area contributed by atoms with E-state index in [4.69, 9.17) is 14.2 Å². The summed E-state index contributed by atoms with van der Waals surface area (Å²) >= 11 is 0. The number of amides is 1. The summed E-state index contributed by atoms with van der Waals surface area (Å²) in [4.78, 5) is 18.1. The number of carbonyl (C=O) groups is 1. The van der Waals surface area contributed by atoms with Crippen molar-refractivity contribution in [3.63, 3.8) is 0 Å². The van der Waals surface area contributed by atoms with Crippen LogP contribution in [0.25, 0.3) is 0 Å². The molecule has 6 heteroatoms. The Hall–Kier alpha value is -1.98. The standard InChI is InChI=1S/C17H24N2O4/c1-4-22-16(20)19-9-7-17(8-10-19)11-12(2)15-13(23-17)5-6-14(18-15)21-3/h5-6,12H,4,7-11H2,1-3H3. The first kappa shape index (κ1) is 15.9. The van der Waals surface area contributed by atoms with Crippen LogP contribution in [-0.4, -0.2) is 48.4 Å². The van der Waals surface area contributed by atoms with Crippen LogP contribution in [0.1, 0.15) is 44.7 Å². The van der Waals surface area contributed by atoms with Gasteiger partial charge in [0.1, 0.15) is 11.4 Å². The molecule has 1 fully saturated rings. The van der Waals surface area contributed by atoms with E-state index in [1.54, 1.807) is 12.0 Å². The monoisotopic (exact) mass is 320 g/mol. The zero-order chi connectivity index (χ0) is 16.4. The van der Waals surface area contributed by atoms with E-state index in [1.807, 2.05) is 19.1 Å². The van der Waals surface area contributed by atoms with Crippen LogP contribution in [0, 0.1) is 0 Å². The molecule has 126 valence electrons. The van der Waals surface area contributed by atoms with Gasteiger partial charge in [-0.3, -0.25) is 0 Å². The Morgan fingerprint density at radius 1 is 1.43 bits per heavy atom. The largest absolute Gasteiger partial charge is 0.485 e. The lowest BCUT2D eigenvalue weighted by Crippen LogP contribution is -2.51. The maximum atomic E-state index is 11.8. The number of likely N-dealkylation sites (tertiary alicyclic amines) is 1. The van der Waals surface area contributed by atoms with E-state index in [0.29, 0.717) is 31.5 Å². The minimum absolute atomic E-state index is 0.203. The van der Waals surface area contributed by atoms with E-state index < -0.39 is 0 Å². The molecule has 0 N–H and O–H groups in total. The average molecular weight is 320 g/mol. The SMILES string of the molecule is CCOC(=O)N1CCC2(CC1)CC(C)c1nc(OC)ccc1O2. The van der Waals surface area contributed by atoms with Crippen LogP contribution >= 0.6 is 0 Å². The van der Waals surface area contributed by atoms with Gasteiger partial charge in [-0.05, 0) is 19.4 Å². The third-order valence-corrected chi connectivity index (χ3v) is 4.74. The second kappa shape index (κ2) is 6.26. The summed E-state index contributed by atoms with van der Waals surface area (Å²) in [5, 5.41) is 0. The molecule has 1 aromatic rings. The Morgan fingerprint density at radius 3 is 2.83 bits per heavy atom. The fourth-order valence-electron chi connectivity index (χ4n) is 3.54. The van der Waals surface area contributed by atoms with Crippen molar-refractivity contribution in [1.82, 2.24) is 9.88 Å². The van der Waals surface area contributed by atoms with E-state index in [9.17, 15) is 4.79 Å². The Balaban J connectivity index is 1.72. The Kier molecular flexibility index (Phi) is 4.33. The first-order chi connectivity index (χ1) is 11.1. The molecule has 1 unspecified atom stereocenters. The van der Waals surface area contributed by atoms with Crippen LogP contribution < -0.4 is 9.47 Å². The smallest absolute Gasteiger partial charge is 0.409 e. The van der Waals surface area contributed by atoms with E-state index in [2.05, 4.69) is 11.9 Å². The van der Waals surface area contributed by atoms with Crippen molar-refractivity contribution in [2.24, 2.45) is 0 Å². The molecular formula is C17H24N2O4. The summed E-state index contributed by atoms with van der Waals surface area (Å²) in [6, 6.07) is 3.77. The first-order valence-corrected chi connectivity index (χ1v) is 8.22. The van der Waals surface area contributed by atoms with Gasteiger partial charge in [0.25, 0.3) is 0 Å². The predicted octanol–water partition coefficient (Wildman–Crippen LogP) is 2.97. The van der Waals surface area contributed by atoms with Gasteiger partial charge in [-0.15, -0.1) is 0 Å². The summed E-state index contributed by atoms with van der Waals surface area (Å²) in [6.07, 6.45) is 2.33. The van der Waals surface area contributed by atoms with Crippen LogP contribution in [0.3, 0.4) is 0 Å². The van der Waals surface area contributed by atoms with Crippen molar-refractivity contribution in [3.8, 4) is 11.6 Å². The molecule has 23 heavy (non-hydrogen) atoms. The fourth-order valence-corrected chi connectivity index (χ4v) is 3.54. The van der Waals surface area contributed by atoms with Crippen LogP contribution in [-0.2, 0) is 4.74 Å². The number of hydrogen-bond donors (Lipinski definition) is 0. The molecule has 0 radical (unpaired) electrons. The normalized spacial score (nSPS) is 22.2. The number of hydrogen-bond acceptors (Lipinski definition) is 5. The van der Waals surface area contributed by atoms with Crippen molar-refractivity contribution in [1.29, 1.82) is 0 Å². The van der Waals surface area contributed by atoms with Crippen molar-refractivity contribution in [2.45, 2.75) is 44.6 Å². The second-order valence-corrected chi connectivity index (χ2v) is 6.31. The van der Waals surface area contributed by atoms with E-state index in [-0.39, 0.29) is 11.7 Å². The van der Waals surface area contributed by atoms with Gasteiger partial charge in [0.2, 0.25) is 5.88 Å². The van der Waals surface area contributed by atoms with Gasteiger partial charge in [-0.25, -0.2) is 9.78 Å². The zero-order valence-electron chi connectivity index (χ0n) is 14.0. The number of fused-ring (bicyclic) bond motifs is 1. The highest BCUT2D eigenvalue weighted by atomic mass is 16.6. The number of methoxy groups -OCH3 is 1. The maximum Gasteiger partial charge on any atom is 0.409 e. The summed E-state index contributed by atoms with van der Waals surface area (Å²) in [5.74, 6) is 1.77. The Bertz CT molecular complexity index is 582. The molecule has 0 aliphatic carbocycles. The Morgan fingerprint density at radius 2 is 2.17 bits per heavy atom. The van der Waals surface area contributed by atoms with Gasteiger partial charge < -0.3 is 19.1 Å². The van der Waals surface area contributed by atoms with Gasteiger partial charge in [0.05, 0.1) is 19.4 Å². The van der Waals surface area contributed by atoms with Gasteiger partial charge in [0.15, 0.2) is 0 Å². The maximum absolute atomic E-state index is 11.8. The van der Waals surface area contributed by atoms with Crippen molar-refractivity contribution >= 4 is 6.09 Å². The molecular weight excluding hydrogens is 296 g/mol. The van der Waals surface area contributed by atoms with Crippen LogP contribution in [0.5, 0.6) is 11.6 Å². The summed E-state index contributed by atoms with van der Waals surface area (Å²) in [5.41, 5.74) is 0.758. The highest BCUT2D eigenvalue weighted by Crippen LogP contribution is 2.44. The molecule has 1 spiro atoms. The van der Waals surface area contributed by atoms with Crippen LogP contribution in [0.2, 0.25) is 0 Å². The molecule has 0 aromatic carbocycles. The summed E-state index contributed by atoms with van der Waals surface area (Å²) in [7, 11) is 1.62. The highest BCUT2D eigenvalue weighted by molar-refractivity contribution is 5.67. The van der Waals surface area contributed by atoms with Gasteiger partial charge in [0, 0.05) is 37.9 Å². The first-order valence-electron chi connectivity index (χ1n) is 8.22. The number of nitrogens with zero attached hydrogens (tertiary/aromatic N) is 2. The fraction of sp³-hybridized carbons (Fsp3) is 0.647. The molecule has 1 aromatic heterocycles. The number of pyridine rings is 1. The van der Waals surface area contributed by atoms with Gasteiger partial charge in [-0.2, -0.15) is 0 Å². The molecule has 6 nitrogen and oxygen atoms in total. The lowest BCUT2D eigenvalue weighted by Gasteiger charge is -2.45. The number of carbonyl (C=O) groups excluding carboxylic acids is 1. The molecule has 2 aliphatic heterocycles. The molecule has 1 amide bonds. The van der Waals surface area contributed by atoms with Crippen molar-refractivity contribution in [2.75, 3.05) is 26.8 Å². The third kappa shape index (κ3) is 3.07. The van der Waals surface area contributed by atoms with Crippen molar-refractivity contribution < 1.29 is 19.0 Å². The molecule has 1 atom stereocenters.